The third-order valence-corrected chi connectivity index (χ3v) is 5.28. The first-order chi connectivity index (χ1) is 13.2. The van der Waals surface area contributed by atoms with Gasteiger partial charge in [0, 0.05) is 44.8 Å². The maximum atomic E-state index is 12.7. The van der Waals surface area contributed by atoms with Crippen molar-refractivity contribution in [1.29, 1.82) is 0 Å². The zero-order valence-corrected chi connectivity index (χ0v) is 15.7. The second-order valence-electron chi connectivity index (χ2n) is 7.36. The van der Waals surface area contributed by atoms with Crippen LogP contribution in [-0.4, -0.2) is 46.8 Å². The van der Waals surface area contributed by atoms with Crippen LogP contribution in [0.5, 0.6) is 0 Å². The van der Waals surface area contributed by atoms with Gasteiger partial charge in [0.25, 0.3) is 0 Å². The molecule has 144 valence electrons. The van der Waals surface area contributed by atoms with E-state index in [0.29, 0.717) is 5.92 Å². The highest BCUT2D eigenvalue weighted by molar-refractivity contribution is 5.90. The summed E-state index contributed by atoms with van der Waals surface area (Å²) in [5.74, 6) is 1.38. The van der Waals surface area contributed by atoms with Gasteiger partial charge in [-0.3, -0.25) is 4.90 Å². The second kappa shape index (κ2) is 8.10. The quantitative estimate of drug-likeness (QED) is 0.821. The number of nitrogens with one attached hydrogen (secondary N) is 2. The van der Waals surface area contributed by atoms with Crippen molar-refractivity contribution in [3.8, 4) is 0 Å². The van der Waals surface area contributed by atoms with Crippen molar-refractivity contribution < 1.29 is 9.53 Å². The lowest BCUT2D eigenvalue weighted by atomic mass is 10.1. The molecule has 1 aromatic heterocycles. The Hall–Kier alpha value is -2.38. The van der Waals surface area contributed by atoms with E-state index in [2.05, 4.69) is 26.6 Å². The molecule has 27 heavy (non-hydrogen) atoms. The lowest BCUT2D eigenvalue weighted by molar-refractivity contribution is 0.0343. The predicted molar refractivity (Wildman–Crippen MR) is 103 cm³/mol. The number of hydrogen-bond donors (Lipinski definition) is 2. The van der Waals surface area contributed by atoms with Crippen molar-refractivity contribution in [3.05, 3.63) is 48.0 Å². The predicted octanol–water partition coefficient (Wildman–Crippen LogP) is 2.53. The summed E-state index contributed by atoms with van der Waals surface area (Å²) in [6, 6.07) is 7.78. The molecule has 1 aliphatic carbocycles. The van der Waals surface area contributed by atoms with Crippen molar-refractivity contribution in [2.45, 2.75) is 25.4 Å². The van der Waals surface area contributed by atoms with E-state index in [4.69, 9.17) is 4.74 Å². The van der Waals surface area contributed by atoms with Gasteiger partial charge in [0.15, 0.2) is 0 Å². The van der Waals surface area contributed by atoms with Gasteiger partial charge >= 0.3 is 6.03 Å². The molecule has 0 spiro atoms. The zero-order valence-electron chi connectivity index (χ0n) is 15.7. The summed E-state index contributed by atoms with van der Waals surface area (Å²) in [6.07, 6.45) is 5.96. The maximum Gasteiger partial charge on any atom is 0.319 e. The van der Waals surface area contributed by atoms with E-state index in [1.54, 1.807) is 6.20 Å². The van der Waals surface area contributed by atoms with Gasteiger partial charge in [0.1, 0.15) is 5.82 Å². The summed E-state index contributed by atoms with van der Waals surface area (Å²) < 4.78 is 7.40. The summed E-state index contributed by atoms with van der Waals surface area (Å²) in [4.78, 5) is 19.5. The van der Waals surface area contributed by atoms with Crippen LogP contribution < -0.4 is 10.6 Å². The van der Waals surface area contributed by atoms with Gasteiger partial charge in [-0.05, 0) is 30.4 Å². The van der Waals surface area contributed by atoms with E-state index in [1.807, 2.05) is 36.0 Å². The number of morpholine rings is 1. The summed E-state index contributed by atoms with van der Waals surface area (Å²) in [5, 5.41) is 6.18. The fourth-order valence-electron chi connectivity index (χ4n) is 3.58. The fourth-order valence-corrected chi connectivity index (χ4v) is 3.58. The molecule has 1 unspecified atom stereocenters. The molecule has 1 saturated carbocycles. The minimum atomic E-state index is -0.177. The highest BCUT2D eigenvalue weighted by Gasteiger charge is 2.35. The van der Waals surface area contributed by atoms with E-state index in [0.717, 1.165) is 62.8 Å². The number of carbonyl (C=O) groups excluding carboxylic acids is 1. The van der Waals surface area contributed by atoms with E-state index in [1.165, 1.54) is 0 Å². The molecule has 2 heterocycles. The van der Waals surface area contributed by atoms with Crippen LogP contribution in [0.25, 0.3) is 0 Å². The minimum Gasteiger partial charge on any atom is -0.379 e. The van der Waals surface area contributed by atoms with Gasteiger partial charge in [-0.1, -0.05) is 18.2 Å². The Morgan fingerprint density at radius 3 is 2.78 bits per heavy atom. The number of rotatable bonds is 6. The first kappa shape index (κ1) is 18.0. The number of hydrogen-bond acceptors (Lipinski definition) is 4. The molecule has 7 nitrogen and oxygen atoms in total. The van der Waals surface area contributed by atoms with Crippen molar-refractivity contribution in [2.24, 2.45) is 13.0 Å². The molecule has 1 saturated heterocycles. The summed E-state index contributed by atoms with van der Waals surface area (Å²) in [7, 11) is 1.97. The summed E-state index contributed by atoms with van der Waals surface area (Å²) in [5.41, 5.74) is 1.98. The highest BCUT2D eigenvalue weighted by Crippen LogP contribution is 2.40. The number of imidazole rings is 1. The van der Waals surface area contributed by atoms with E-state index >= 15 is 0 Å². The van der Waals surface area contributed by atoms with E-state index in [-0.39, 0.29) is 12.1 Å². The highest BCUT2D eigenvalue weighted by atomic mass is 16.5. The monoisotopic (exact) mass is 369 g/mol. The Morgan fingerprint density at radius 2 is 2.07 bits per heavy atom. The molecular formula is C20H27N5O2. The molecule has 2 aliphatic rings. The van der Waals surface area contributed by atoms with Gasteiger partial charge in [0.2, 0.25) is 0 Å². The zero-order chi connectivity index (χ0) is 18.6. The maximum absolute atomic E-state index is 12.7. The molecule has 2 aromatic rings. The van der Waals surface area contributed by atoms with Crippen molar-refractivity contribution in [1.82, 2.24) is 19.8 Å². The standard InChI is InChI=1S/C20H27N5O2/c1-24-9-8-21-19(24)18(15-6-7-15)23-20(26)22-17-5-3-2-4-16(17)14-25-10-12-27-13-11-25/h2-5,8-9,15,18H,6-7,10-14H2,1H3,(H2,22,23,26). The fraction of sp³-hybridized carbons (Fsp3) is 0.500. The second-order valence-corrected chi connectivity index (χ2v) is 7.36. The number of aryl methyl sites for hydroxylation is 1. The average molecular weight is 369 g/mol. The molecule has 7 heteroatoms. The van der Waals surface area contributed by atoms with Gasteiger partial charge in [-0.15, -0.1) is 0 Å². The van der Waals surface area contributed by atoms with Crippen LogP contribution >= 0.6 is 0 Å². The van der Waals surface area contributed by atoms with Crippen LogP contribution in [0.4, 0.5) is 10.5 Å². The summed E-state index contributed by atoms with van der Waals surface area (Å²) >= 11 is 0. The van der Waals surface area contributed by atoms with Gasteiger partial charge < -0.3 is 19.9 Å². The van der Waals surface area contributed by atoms with Gasteiger partial charge in [-0.25, -0.2) is 9.78 Å². The van der Waals surface area contributed by atoms with Gasteiger partial charge in [-0.2, -0.15) is 0 Å². The molecule has 1 aliphatic heterocycles. The molecule has 2 amide bonds. The topological polar surface area (TPSA) is 71.4 Å². The van der Waals surface area contributed by atoms with Crippen molar-refractivity contribution in [2.75, 3.05) is 31.6 Å². The van der Waals surface area contributed by atoms with Crippen molar-refractivity contribution in [3.63, 3.8) is 0 Å². The molecule has 2 fully saturated rings. The lowest BCUT2D eigenvalue weighted by Crippen LogP contribution is -2.37. The Bertz CT molecular complexity index is 780. The number of para-hydroxylation sites is 1. The third-order valence-electron chi connectivity index (χ3n) is 5.28. The number of amides is 2. The van der Waals surface area contributed by atoms with Crippen LogP contribution in [0, 0.1) is 5.92 Å². The molecule has 4 rings (SSSR count). The third kappa shape index (κ3) is 4.48. The molecule has 2 N–H and O–H groups in total. The Labute approximate surface area is 159 Å². The summed E-state index contributed by atoms with van der Waals surface area (Å²) in [6.45, 7) is 4.18. The molecule has 1 atom stereocenters. The smallest absolute Gasteiger partial charge is 0.319 e. The molecule has 0 radical (unpaired) electrons. The first-order valence-corrected chi connectivity index (χ1v) is 9.63. The largest absolute Gasteiger partial charge is 0.379 e. The Balaban J connectivity index is 1.42. The molecular weight excluding hydrogens is 342 g/mol. The van der Waals surface area contributed by atoms with Gasteiger partial charge in [0.05, 0.1) is 19.3 Å². The molecule has 0 bridgehead atoms. The number of ether oxygens (including phenoxy) is 1. The number of urea groups is 1. The van der Waals surface area contributed by atoms with Crippen molar-refractivity contribution >= 4 is 11.7 Å². The van der Waals surface area contributed by atoms with Crippen LogP contribution in [0.15, 0.2) is 36.7 Å². The SMILES string of the molecule is Cn1ccnc1C(NC(=O)Nc1ccccc1CN1CCOCC1)C1CC1. The molecule has 1 aromatic carbocycles. The van der Waals surface area contributed by atoms with E-state index < -0.39 is 0 Å². The first-order valence-electron chi connectivity index (χ1n) is 9.63. The van der Waals surface area contributed by atoms with Crippen LogP contribution in [-0.2, 0) is 18.3 Å². The normalized spacial score (nSPS) is 18.9. The van der Waals surface area contributed by atoms with Crippen LogP contribution in [0.2, 0.25) is 0 Å². The Morgan fingerprint density at radius 1 is 1.30 bits per heavy atom. The number of benzene rings is 1. The number of nitrogens with zero attached hydrogens (tertiary/aromatic N) is 3. The lowest BCUT2D eigenvalue weighted by Gasteiger charge is -2.27. The minimum absolute atomic E-state index is 0.0450. The van der Waals surface area contributed by atoms with Crippen LogP contribution in [0.1, 0.15) is 30.3 Å². The Kier molecular flexibility index (Phi) is 5.40. The van der Waals surface area contributed by atoms with Crippen LogP contribution in [0.3, 0.4) is 0 Å². The number of aromatic nitrogens is 2. The van der Waals surface area contributed by atoms with E-state index in [9.17, 15) is 4.79 Å². The average Bonchev–Trinajstić information content (AvgIpc) is 3.43. The number of anilines is 1. The number of carbonyl (C=O) groups is 1.